The summed E-state index contributed by atoms with van der Waals surface area (Å²) in [6, 6.07) is 10.8. The van der Waals surface area contributed by atoms with Gasteiger partial charge in [0, 0.05) is 10.5 Å². The Bertz CT molecular complexity index is 688. The van der Waals surface area contributed by atoms with E-state index in [1.54, 1.807) is 24.3 Å². The summed E-state index contributed by atoms with van der Waals surface area (Å²) in [6.07, 6.45) is 0. The standard InChI is InChI=1S/C13H10BrN3O3/c14-9-5-3-4-8(12(9)15)13(18)16-10-6-1-2-7-11(10)17(19)20/h1-7H,15H2,(H,16,18). The van der Waals surface area contributed by atoms with Crippen molar-refractivity contribution in [2.24, 2.45) is 0 Å². The molecular weight excluding hydrogens is 326 g/mol. The summed E-state index contributed by atoms with van der Waals surface area (Å²) in [5.41, 5.74) is 6.28. The van der Waals surface area contributed by atoms with Crippen LogP contribution in [0.5, 0.6) is 0 Å². The van der Waals surface area contributed by atoms with Crippen molar-refractivity contribution in [3.05, 3.63) is 62.6 Å². The number of nitro benzene ring substituents is 1. The number of anilines is 2. The molecule has 0 aromatic heterocycles. The number of hydrogen-bond acceptors (Lipinski definition) is 4. The monoisotopic (exact) mass is 335 g/mol. The summed E-state index contributed by atoms with van der Waals surface area (Å²) in [7, 11) is 0. The lowest BCUT2D eigenvalue weighted by Crippen LogP contribution is -2.15. The molecule has 102 valence electrons. The van der Waals surface area contributed by atoms with Crippen molar-refractivity contribution in [3.8, 4) is 0 Å². The molecule has 7 heteroatoms. The van der Waals surface area contributed by atoms with Crippen LogP contribution in [0.2, 0.25) is 0 Å². The summed E-state index contributed by atoms with van der Waals surface area (Å²) in [5.74, 6) is -0.502. The van der Waals surface area contributed by atoms with Gasteiger partial charge in [0.15, 0.2) is 0 Å². The Balaban J connectivity index is 2.33. The lowest BCUT2D eigenvalue weighted by Gasteiger charge is -2.08. The maximum atomic E-state index is 12.1. The molecule has 2 rings (SSSR count). The van der Waals surface area contributed by atoms with E-state index in [4.69, 9.17) is 5.73 Å². The third-order valence-corrected chi connectivity index (χ3v) is 3.34. The third-order valence-electron chi connectivity index (χ3n) is 2.65. The summed E-state index contributed by atoms with van der Waals surface area (Å²) >= 11 is 3.22. The molecule has 0 bridgehead atoms. The quantitative estimate of drug-likeness (QED) is 0.511. The second kappa shape index (κ2) is 5.70. The minimum absolute atomic E-state index is 0.127. The highest BCUT2D eigenvalue weighted by Gasteiger charge is 2.17. The number of nitrogens with one attached hydrogen (secondary N) is 1. The lowest BCUT2D eigenvalue weighted by atomic mass is 10.1. The van der Waals surface area contributed by atoms with E-state index >= 15 is 0 Å². The second-order valence-corrected chi connectivity index (χ2v) is 4.78. The van der Waals surface area contributed by atoms with Gasteiger partial charge in [-0.2, -0.15) is 0 Å². The van der Waals surface area contributed by atoms with Gasteiger partial charge in [0.1, 0.15) is 5.69 Å². The lowest BCUT2D eigenvalue weighted by molar-refractivity contribution is -0.383. The molecule has 0 aliphatic carbocycles. The second-order valence-electron chi connectivity index (χ2n) is 3.93. The van der Waals surface area contributed by atoms with Crippen LogP contribution in [0.4, 0.5) is 17.1 Å². The van der Waals surface area contributed by atoms with Gasteiger partial charge in [-0.3, -0.25) is 14.9 Å². The van der Waals surface area contributed by atoms with Crippen LogP contribution in [0.25, 0.3) is 0 Å². The number of carbonyl (C=O) groups is 1. The molecule has 2 aromatic carbocycles. The molecule has 6 nitrogen and oxygen atoms in total. The highest BCUT2D eigenvalue weighted by molar-refractivity contribution is 9.10. The molecule has 0 heterocycles. The molecule has 3 N–H and O–H groups in total. The zero-order valence-corrected chi connectivity index (χ0v) is 11.8. The van der Waals surface area contributed by atoms with Crippen LogP contribution in [-0.2, 0) is 0 Å². The number of benzene rings is 2. The first-order valence-corrected chi connectivity index (χ1v) is 6.38. The van der Waals surface area contributed by atoms with Crippen LogP contribution in [0.1, 0.15) is 10.4 Å². The maximum Gasteiger partial charge on any atom is 0.292 e. The van der Waals surface area contributed by atoms with Crippen LogP contribution in [0.3, 0.4) is 0 Å². The molecule has 0 saturated heterocycles. The van der Waals surface area contributed by atoms with E-state index in [1.165, 1.54) is 18.2 Å². The molecule has 0 aliphatic heterocycles. The Labute approximate surface area is 122 Å². The number of carbonyl (C=O) groups excluding carboxylic acids is 1. The molecule has 0 saturated carbocycles. The Hall–Kier alpha value is -2.41. The van der Waals surface area contributed by atoms with Gasteiger partial charge in [-0.15, -0.1) is 0 Å². The van der Waals surface area contributed by atoms with E-state index in [1.807, 2.05) is 0 Å². The molecule has 0 fully saturated rings. The summed E-state index contributed by atoms with van der Waals surface area (Å²) in [5, 5.41) is 13.4. The molecule has 0 unspecified atom stereocenters. The number of nitrogens with zero attached hydrogens (tertiary/aromatic N) is 1. The Morgan fingerprint density at radius 2 is 1.90 bits per heavy atom. The fourth-order valence-electron chi connectivity index (χ4n) is 1.66. The molecule has 20 heavy (non-hydrogen) atoms. The van der Waals surface area contributed by atoms with Gasteiger partial charge in [-0.25, -0.2) is 0 Å². The Kier molecular flexibility index (Phi) is 3.99. The topological polar surface area (TPSA) is 98.3 Å². The van der Waals surface area contributed by atoms with Gasteiger partial charge in [0.2, 0.25) is 0 Å². The smallest absolute Gasteiger partial charge is 0.292 e. The number of halogens is 1. The molecule has 1 amide bonds. The van der Waals surface area contributed by atoms with Gasteiger partial charge in [-0.1, -0.05) is 18.2 Å². The minimum atomic E-state index is -0.556. The SMILES string of the molecule is Nc1c(Br)cccc1C(=O)Nc1ccccc1[N+](=O)[O-]. The normalized spacial score (nSPS) is 10.1. The van der Waals surface area contributed by atoms with Crippen LogP contribution >= 0.6 is 15.9 Å². The number of para-hydroxylation sites is 3. The molecule has 0 spiro atoms. The zero-order valence-electron chi connectivity index (χ0n) is 10.2. The van der Waals surface area contributed by atoms with Crippen LogP contribution in [0, 0.1) is 10.1 Å². The number of nitro groups is 1. The van der Waals surface area contributed by atoms with Gasteiger partial charge < -0.3 is 11.1 Å². The van der Waals surface area contributed by atoms with E-state index < -0.39 is 10.8 Å². The van der Waals surface area contributed by atoms with Crippen molar-refractivity contribution < 1.29 is 9.72 Å². The van der Waals surface area contributed by atoms with Crippen molar-refractivity contribution in [1.29, 1.82) is 0 Å². The van der Waals surface area contributed by atoms with E-state index in [-0.39, 0.29) is 22.6 Å². The highest BCUT2D eigenvalue weighted by atomic mass is 79.9. The van der Waals surface area contributed by atoms with E-state index in [0.717, 1.165) is 0 Å². The molecule has 2 aromatic rings. The third kappa shape index (κ3) is 2.77. The van der Waals surface area contributed by atoms with Crippen LogP contribution < -0.4 is 11.1 Å². The van der Waals surface area contributed by atoms with Crippen LogP contribution in [0.15, 0.2) is 46.9 Å². The Morgan fingerprint density at radius 1 is 1.20 bits per heavy atom. The van der Waals surface area contributed by atoms with E-state index in [9.17, 15) is 14.9 Å². The predicted octanol–water partition coefficient (Wildman–Crippen LogP) is 3.19. The van der Waals surface area contributed by atoms with Gasteiger partial charge in [0.25, 0.3) is 11.6 Å². The van der Waals surface area contributed by atoms with Crippen molar-refractivity contribution in [2.45, 2.75) is 0 Å². The largest absolute Gasteiger partial charge is 0.397 e. The van der Waals surface area contributed by atoms with Crippen molar-refractivity contribution >= 4 is 38.9 Å². The molecule has 0 radical (unpaired) electrons. The van der Waals surface area contributed by atoms with Crippen LogP contribution in [-0.4, -0.2) is 10.8 Å². The summed E-state index contributed by atoms with van der Waals surface area (Å²) < 4.78 is 0.590. The first-order chi connectivity index (χ1) is 9.50. The first-order valence-electron chi connectivity index (χ1n) is 5.59. The number of rotatable bonds is 3. The fraction of sp³-hybridized carbons (Fsp3) is 0. The molecule has 0 aliphatic rings. The predicted molar refractivity (Wildman–Crippen MR) is 79.6 cm³/mol. The first kappa shape index (κ1) is 14.0. The van der Waals surface area contributed by atoms with Gasteiger partial charge in [-0.05, 0) is 34.1 Å². The highest BCUT2D eigenvalue weighted by Crippen LogP contribution is 2.27. The average Bonchev–Trinajstić information content (AvgIpc) is 2.42. The van der Waals surface area contributed by atoms with Gasteiger partial charge in [0.05, 0.1) is 16.2 Å². The van der Waals surface area contributed by atoms with Gasteiger partial charge >= 0.3 is 0 Å². The number of nitrogens with two attached hydrogens (primary N) is 1. The molecule has 0 atom stereocenters. The van der Waals surface area contributed by atoms with E-state index in [2.05, 4.69) is 21.2 Å². The number of amides is 1. The number of nitrogen functional groups attached to an aromatic ring is 1. The fourth-order valence-corrected chi connectivity index (χ4v) is 2.03. The van der Waals surface area contributed by atoms with Crippen molar-refractivity contribution in [3.63, 3.8) is 0 Å². The average molecular weight is 336 g/mol. The maximum absolute atomic E-state index is 12.1. The Morgan fingerprint density at radius 3 is 2.60 bits per heavy atom. The van der Waals surface area contributed by atoms with E-state index in [0.29, 0.717) is 4.47 Å². The minimum Gasteiger partial charge on any atom is -0.397 e. The summed E-state index contributed by atoms with van der Waals surface area (Å²) in [4.78, 5) is 22.5. The zero-order chi connectivity index (χ0) is 14.7. The summed E-state index contributed by atoms with van der Waals surface area (Å²) in [6.45, 7) is 0. The van der Waals surface area contributed by atoms with Crippen molar-refractivity contribution in [1.82, 2.24) is 0 Å². The van der Waals surface area contributed by atoms with Crippen molar-refractivity contribution in [2.75, 3.05) is 11.1 Å². The molecular formula is C13H10BrN3O3. The number of hydrogen-bond donors (Lipinski definition) is 2.